The van der Waals surface area contributed by atoms with Crippen molar-refractivity contribution in [3.05, 3.63) is 0 Å². The first kappa shape index (κ1) is 12.1. The van der Waals surface area contributed by atoms with Crippen LogP contribution in [0, 0.1) is 5.92 Å². The molecule has 1 aliphatic carbocycles. The van der Waals surface area contributed by atoms with Gasteiger partial charge in [0, 0.05) is 18.9 Å². The summed E-state index contributed by atoms with van der Waals surface area (Å²) >= 11 is 0. The van der Waals surface area contributed by atoms with Crippen molar-refractivity contribution in [1.82, 2.24) is 10.7 Å². The van der Waals surface area contributed by atoms with E-state index in [2.05, 4.69) is 22.8 Å². The van der Waals surface area contributed by atoms with E-state index in [9.17, 15) is 9.59 Å². The summed E-state index contributed by atoms with van der Waals surface area (Å²) in [4.78, 5) is 22.8. The summed E-state index contributed by atoms with van der Waals surface area (Å²) in [5.41, 5.74) is 2.79. The van der Waals surface area contributed by atoms with Crippen LogP contribution < -0.4 is 10.7 Å². The second-order valence-corrected chi connectivity index (χ2v) is 5.02. The first-order valence-electron chi connectivity index (χ1n) is 6.31. The molecule has 0 aromatic carbocycles. The van der Waals surface area contributed by atoms with Gasteiger partial charge in [-0.2, -0.15) is 5.10 Å². The summed E-state index contributed by atoms with van der Waals surface area (Å²) < 4.78 is 0. The Labute approximate surface area is 101 Å². The maximum Gasteiger partial charge on any atom is 0.267 e. The number of amides is 2. The molecule has 17 heavy (non-hydrogen) atoms. The Morgan fingerprint density at radius 2 is 2.00 bits per heavy atom. The van der Waals surface area contributed by atoms with E-state index >= 15 is 0 Å². The minimum absolute atomic E-state index is 0.118. The molecule has 5 nitrogen and oxygen atoms in total. The van der Waals surface area contributed by atoms with Gasteiger partial charge >= 0.3 is 0 Å². The minimum atomic E-state index is -0.121. The molecule has 0 aromatic heterocycles. The van der Waals surface area contributed by atoms with Crippen LogP contribution in [0.15, 0.2) is 5.10 Å². The first-order chi connectivity index (χ1) is 8.15. The van der Waals surface area contributed by atoms with Gasteiger partial charge in [0.15, 0.2) is 0 Å². The van der Waals surface area contributed by atoms with Crippen LogP contribution >= 0.6 is 0 Å². The summed E-state index contributed by atoms with van der Waals surface area (Å²) in [6.45, 7) is 2.25. The first-order valence-corrected chi connectivity index (χ1v) is 6.31. The fourth-order valence-corrected chi connectivity index (χ4v) is 2.31. The Morgan fingerprint density at radius 1 is 1.29 bits per heavy atom. The summed E-state index contributed by atoms with van der Waals surface area (Å²) in [7, 11) is 0. The predicted octanol–water partition coefficient (Wildman–Crippen LogP) is 0.947. The van der Waals surface area contributed by atoms with E-state index in [-0.39, 0.29) is 17.9 Å². The third-order valence-electron chi connectivity index (χ3n) is 3.52. The SMILES string of the molecule is CC1CCC(NC(=O)C2=NNC(=O)CC2)CC1. The molecule has 0 saturated heterocycles. The summed E-state index contributed by atoms with van der Waals surface area (Å²) in [5.74, 6) is 0.534. The molecule has 5 heteroatoms. The molecule has 2 aliphatic rings. The lowest BCUT2D eigenvalue weighted by molar-refractivity contribution is -0.121. The van der Waals surface area contributed by atoms with Crippen LogP contribution in [0.1, 0.15) is 45.4 Å². The second-order valence-electron chi connectivity index (χ2n) is 5.02. The topological polar surface area (TPSA) is 70.6 Å². The van der Waals surface area contributed by atoms with Crippen LogP contribution in [0.3, 0.4) is 0 Å². The Balaban J connectivity index is 1.83. The normalized spacial score (nSPS) is 29.2. The number of rotatable bonds is 2. The highest BCUT2D eigenvalue weighted by Gasteiger charge is 2.23. The van der Waals surface area contributed by atoms with E-state index < -0.39 is 0 Å². The average molecular weight is 237 g/mol. The molecule has 1 aliphatic heterocycles. The van der Waals surface area contributed by atoms with Crippen LogP contribution in [-0.4, -0.2) is 23.6 Å². The molecule has 2 N–H and O–H groups in total. The van der Waals surface area contributed by atoms with Crippen LogP contribution in [0.2, 0.25) is 0 Å². The van der Waals surface area contributed by atoms with E-state index in [1.807, 2.05) is 0 Å². The number of nitrogens with one attached hydrogen (secondary N) is 2. The van der Waals surface area contributed by atoms with Gasteiger partial charge in [0.05, 0.1) is 0 Å². The van der Waals surface area contributed by atoms with E-state index in [0.717, 1.165) is 18.8 Å². The van der Waals surface area contributed by atoms with Gasteiger partial charge in [-0.1, -0.05) is 6.92 Å². The molecule has 0 unspecified atom stereocenters. The number of hydrogen-bond donors (Lipinski definition) is 2. The molecule has 0 radical (unpaired) electrons. The summed E-state index contributed by atoms with van der Waals surface area (Å²) in [6, 6.07) is 0.277. The standard InChI is InChI=1S/C12H19N3O2/c1-8-2-4-9(5-3-8)13-12(17)10-6-7-11(16)15-14-10/h8-9H,2-7H2,1H3,(H,13,17)(H,15,16). The van der Waals surface area contributed by atoms with Gasteiger partial charge in [0.25, 0.3) is 5.91 Å². The number of carbonyl (C=O) groups excluding carboxylic acids is 2. The van der Waals surface area contributed by atoms with Gasteiger partial charge in [0.2, 0.25) is 5.91 Å². The smallest absolute Gasteiger partial charge is 0.267 e. The quantitative estimate of drug-likeness (QED) is 0.750. The van der Waals surface area contributed by atoms with Crippen molar-refractivity contribution >= 4 is 17.5 Å². The van der Waals surface area contributed by atoms with E-state index in [0.29, 0.717) is 18.6 Å². The molecule has 0 atom stereocenters. The van der Waals surface area contributed by atoms with Crippen molar-refractivity contribution in [2.75, 3.05) is 0 Å². The fourth-order valence-electron chi connectivity index (χ4n) is 2.31. The molecule has 0 aromatic rings. The minimum Gasteiger partial charge on any atom is -0.348 e. The van der Waals surface area contributed by atoms with Crippen molar-refractivity contribution in [3.8, 4) is 0 Å². The van der Waals surface area contributed by atoms with Crippen molar-refractivity contribution in [3.63, 3.8) is 0 Å². The van der Waals surface area contributed by atoms with Gasteiger partial charge < -0.3 is 5.32 Å². The molecule has 2 rings (SSSR count). The van der Waals surface area contributed by atoms with E-state index in [4.69, 9.17) is 0 Å². The van der Waals surface area contributed by atoms with Gasteiger partial charge in [-0.25, -0.2) is 5.43 Å². The second kappa shape index (κ2) is 5.29. The summed E-state index contributed by atoms with van der Waals surface area (Å²) in [5, 5.41) is 6.80. The molecule has 0 bridgehead atoms. The summed E-state index contributed by atoms with van der Waals surface area (Å²) in [6.07, 6.45) is 5.25. The lowest BCUT2D eigenvalue weighted by atomic mass is 9.87. The molecule has 94 valence electrons. The van der Waals surface area contributed by atoms with Gasteiger partial charge in [-0.15, -0.1) is 0 Å². The van der Waals surface area contributed by atoms with Gasteiger partial charge in [0.1, 0.15) is 5.71 Å². The van der Waals surface area contributed by atoms with E-state index in [1.165, 1.54) is 12.8 Å². The van der Waals surface area contributed by atoms with Crippen LogP contribution in [-0.2, 0) is 9.59 Å². The zero-order valence-electron chi connectivity index (χ0n) is 10.2. The largest absolute Gasteiger partial charge is 0.348 e. The van der Waals surface area contributed by atoms with Crippen molar-refractivity contribution in [2.45, 2.75) is 51.5 Å². The number of hydrazone groups is 1. The van der Waals surface area contributed by atoms with Crippen LogP contribution in [0.4, 0.5) is 0 Å². The van der Waals surface area contributed by atoms with Crippen LogP contribution in [0.25, 0.3) is 0 Å². The number of hydrogen-bond acceptors (Lipinski definition) is 3. The Morgan fingerprint density at radius 3 is 2.59 bits per heavy atom. The lowest BCUT2D eigenvalue weighted by Gasteiger charge is -2.27. The Bertz CT molecular complexity index is 344. The zero-order chi connectivity index (χ0) is 12.3. The lowest BCUT2D eigenvalue weighted by Crippen LogP contribution is -2.43. The molecule has 0 spiro atoms. The molecule has 1 fully saturated rings. The third kappa shape index (κ3) is 3.28. The van der Waals surface area contributed by atoms with Gasteiger partial charge in [-0.05, 0) is 31.6 Å². The predicted molar refractivity (Wildman–Crippen MR) is 64.4 cm³/mol. The molecular weight excluding hydrogens is 218 g/mol. The average Bonchev–Trinajstić information content (AvgIpc) is 2.33. The fraction of sp³-hybridized carbons (Fsp3) is 0.750. The Kier molecular flexibility index (Phi) is 3.76. The Hall–Kier alpha value is -1.39. The van der Waals surface area contributed by atoms with Gasteiger partial charge in [-0.3, -0.25) is 9.59 Å². The highest BCUT2D eigenvalue weighted by molar-refractivity contribution is 6.39. The van der Waals surface area contributed by atoms with Crippen molar-refractivity contribution in [2.24, 2.45) is 11.0 Å². The number of nitrogens with zero attached hydrogens (tertiary/aromatic N) is 1. The third-order valence-corrected chi connectivity index (χ3v) is 3.52. The maximum absolute atomic E-state index is 11.9. The molecule has 1 heterocycles. The zero-order valence-corrected chi connectivity index (χ0v) is 10.2. The maximum atomic E-state index is 11.9. The molecule has 1 saturated carbocycles. The van der Waals surface area contributed by atoms with Crippen LogP contribution in [0.5, 0.6) is 0 Å². The van der Waals surface area contributed by atoms with Crippen molar-refractivity contribution in [1.29, 1.82) is 0 Å². The monoisotopic (exact) mass is 237 g/mol. The van der Waals surface area contributed by atoms with E-state index in [1.54, 1.807) is 0 Å². The number of carbonyl (C=O) groups is 2. The molecule has 2 amide bonds. The highest BCUT2D eigenvalue weighted by atomic mass is 16.2. The molecular formula is C12H19N3O2. The van der Waals surface area contributed by atoms with Crippen molar-refractivity contribution < 1.29 is 9.59 Å². The highest BCUT2D eigenvalue weighted by Crippen LogP contribution is 2.23.